The van der Waals surface area contributed by atoms with Gasteiger partial charge in [-0.2, -0.15) is 8.78 Å². The molecule has 0 aromatic heterocycles. The summed E-state index contributed by atoms with van der Waals surface area (Å²) in [6, 6.07) is 14.7. The van der Waals surface area contributed by atoms with Gasteiger partial charge >= 0.3 is 23.9 Å². The molecule has 0 aliphatic carbocycles. The maximum Gasteiger partial charge on any atom is 0.343 e. The van der Waals surface area contributed by atoms with Crippen molar-refractivity contribution < 1.29 is 56.4 Å². The van der Waals surface area contributed by atoms with Crippen LogP contribution in [0.5, 0.6) is 23.0 Å². The minimum absolute atomic E-state index is 0.138. The first kappa shape index (κ1) is 64.8. The molecule has 3 rings (SSSR count). The lowest BCUT2D eigenvalue weighted by molar-refractivity contribution is -0.138. The molecule has 422 valence electrons. The summed E-state index contributed by atoms with van der Waals surface area (Å²) in [6.45, 7) is 8.92. The molecule has 10 nitrogen and oxygen atoms in total. The topological polar surface area (TPSA) is 124 Å². The molecule has 0 radical (unpaired) electrons. The van der Waals surface area contributed by atoms with Gasteiger partial charge in [-0.1, -0.05) is 206 Å². The molecule has 0 saturated heterocycles. The number of ether oxygens (including phenoxy) is 6. The minimum atomic E-state index is -1.45. The molecule has 0 fully saturated rings. The second kappa shape index (κ2) is 43.6. The first-order chi connectivity index (χ1) is 37.2. The summed E-state index contributed by atoms with van der Waals surface area (Å²) in [4.78, 5) is 47.6. The van der Waals surface area contributed by atoms with Crippen molar-refractivity contribution in [1.29, 1.82) is 0 Å². The number of hydrogen-bond donors (Lipinski definition) is 0. The van der Waals surface area contributed by atoms with Gasteiger partial charge in [0.1, 0.15) is 11.5 Å². The Hall–Kier alpha value is -5.52. The number of carbonyl (C=O) groups is 4. The molecule has 0 amide bonds. The number of unbranched alkanes of at least 4 members (excludes halogenated alkanes) is 32. The smallest absolute Gasteiger partial charge is 0.343 e. The highest BCUT2D eigenvalue weighted by Crippen LogP contribution is 2.29. The molecule has 0 unspecified atom stereocenters. The van der Waals surface area contributed by atoms with Crippen LogP contribution in [0.25, 0.3) is 0 Å². The Bertz CT molecular complexity index is 1890. The van der Waals surface area contributed by atoms with E-state index in [0.29, 0.717) is 37.9 Å². The molecule has 12 heteroatoms. The Balaban J connectivity index is 1.15. The predicted octanol–water partition coefficient (Wildman–Crippen LogP) is 17.9. The Kier molecular flexibility index (Phi) is 37.1. The molecule has 0 aliphatic heterocycles. The second-order valence-electron chi connectivity index (χ2n) is 20.0. The quantitative estimate of drug-likeness (QED) is 0.0234. The normalized spacial score (nSPS) is 11.0. The van der Waals surface area contributed by atoms with Crippen LogP contribution in [0.4, 0.5) is 8.78 Å². The monoisotopic (exact) mass is 1060 g/mol. The van der Waals surface area contributed by atoms with Crippen molar-refractivity contribution in [3.63, 3.8) is 0 Å². The van der Waals surface area contributed by atoms with Crippen molar-refractivity contribution in [3.8, 4) is 23.0 Å². The third kappa shape index (κ3) is 31.5. The zero-order chi connectivity index (χ0) is 54.5. The van der Waals surface area contributed by atoms with Gasteiger partial charge in [0.05, 0.1) is 37.6 Å². The molecular formula is C64H92F2O10. The number of rotatable bonds is 48. The van der Waals surface area contributed by atoms with Crippen LogP contribution < -0.4 is 18.9 Å². The summed E-state index contributed by atoms with van der Waals surface area (Å²) in [5.74, 6) is -5.39. The van der Waals surface area contributed by atoms with E-state index >= 15 is 8.78 Å². The third-order valence-corrected chi connectivity index (χ3v) is 13.5. The van der Waals surface area contributed by atoms with Gasteiger partial charge in [-0.15, -0.1) is 0 Å². The lowest BCUT2D eigenvalue weighted by atomic mass is 10.0. The van der Waals surface area contributed by atoms with E-state index in [2.05, 4.69) is 13.2 Å². The summed E-state index contributed by atoms with van der Waals surface area (Å²) in [7, 11) is 0. The van der Waals surface area contributed by atoms with Crippen LogP contribution in [0.15, 0.2) is 86.0 Å². The van der Waals surface area contributed by atoms with Crippen LogP contribution in [-0.4, -0.2) is 50.3 Å². The van der Waals surface area contributed by atoms with Crippen molar-refractivity contribution in [1.82, 2.24) is 0 Å². The summed E-state index contributed by atoms with van der Waals surface area (Å²) in [6.07, 6.45) is 43.8. The molecule has 0 saturated carbocycles. The van der Waals surface area contributed by atoms with Gasteiger partial charge in [0.25, 0.3) is 0 Å². The third-order valence-electron chi connectivity index (χ3n) is 13.5. The molecule has 76 heavy (non-hydrogen) atoms. The van der Waals surface area contributed by atoms with E-state index in [9.17, 15) is 19.2 Å². The van der Waals surface area contributed by atoms with Gasteiger partial charge < -0.3 is 28.4 Å². The molecule has 0 atom stereocenters. The molecule has 0 heterocycles. The fourth-order valence-electron chi connectivity index (χ4n) is 8.92. The van der Waals surface area contributed by atoms with Crippen molar-refractivity contribution in [2.24, 2.45) is 0 Å². The van der Waals surface area contributed by atoms with Gasteiger partial charge in [-0.05, 0) is 86.3 Å². The average molecular weight is 1060 g/mol. The standard InChI is InChI=1S/C64H92F2O10/c1-3-59(67)73-51-37-33-29-25-21-17-13-9-5-7-11-15-19-23-27-31-35-49-71-55-43-39-53(40-44-55)63(69)75-57-47-48-58(62(66)61(57)65)76-64(70)54-41-45-56(46-42-54)72-50-36-32-28-24-20-16-12-8-6-10-14-18-22-26-30-34-38-52-74-60(68)4-2/h3-4,39-48H,1-2,5-38,49-52H2. The van der Waals surface area contributed by atoms with Crippen LogP contribution in [-0.2, 0) is 19.1 Å². The number of hydrogen-bond acceptors (Lipinski definition) is 10. The number of esters is 4. The molecule has 0 aliphatic rings. The molecule has 0 bridgehead atoms. The van der Waals surface area contributed by atoms with Gasteiger partial charge in [0, 0.05) is 12.2 Å². The SMILES string of the molecule is C=CC(=O)OCCCCCCCCCCCCCCCCCCCOc1ccc(C(=O)Oc2ccc(OC(=O)c3ccc(OCCCCCCCCCCCCCCCCCCCOC(=O)C=C)cc3)c(F)c2F)cc1. The summed E-state index contributed by atoms with van der Waals surface area (Å²) < 4.78 is 62.1. The summed E-state index contributed by atoms with van der Waals surface area (Å²) >= 11 is 0. The Morgan fingerprint density at radius 3 is 0.789 bits per heavy atom. The van der Waals surface area contributed by atoms with Crippen molar-refractivity contribution in [3.05, 3.63) is 109 Å². The van der Waals surface area contributed by atoms with Gasteiger partial charge in [0.2, 0.25) is 11.6 Å². The van der Waals surface area contributed by atoms with E-state index in [4.69, 9.17) is 28.4 Å². The van der Waals surface area contributed by atoms with E-state index in [1.807, 2.05) is 0 Å². The van der Waals surface area contributed by atoms with E-state index < -0.39 is 35.1 Å². The zero-order valence-corrected chi connectivity index (χ0v) is 46.1. The van der Waals surface area contributed by atoms with E-state index in [-0.39, 0.29) is 23.1 Å². The molecule has 3 aromatic carbocycles. The van der Waals surface area contributed by atoms with Gasteiger partial charge in [0.15, 0.2) is 11.5 Å². The van der Waals surface area contributed by atoms with Crippen molar-refractivity contribution in [2.45, 2.75) is 218 Å². The second-order valence-corrected chi connectivity index (χ2v) is 20.0. The summed E-state index contributed by atoms with van der Waals surface area (Å²) in [5.41, 5.74) is 0.275. The van der Waals surface area contributed by atoms with Crippen LogP contribution in [0.2, 0.25) is 0 Å². The first-order valence-corrected chi connectivity index (χ1v) is 29.2. The highest BCUT2D eigenvalue weighted by Gasteiger charge is 2.21. The van der Waals surface area contributed by atoms with Gasteiger partial charge in [-0.3, -0.25) is 0 Å². The zero-order valence-electron chi connectivity index (χ0n) is 46.1. The average Bonchev–Trinajstić information content (AvgIpc) is 3.43. The lowest BCUT2D eigenvalue weighted by Gasteiger charge is -2.11. The van der Waals surface area contributed by atoms with Crippen molar-refractivity contribution in [2.75, 3.05) is 26.4 Å². The molecule has 0 spiro atoms. The number of benzene rings is 3. The Labute approximate surface area is 455 Å². The summed E-state index contributed by atoms with van der Waals surface area (Å²) in [5, 5.41) is 0. The predicted molar refractivity (Wildman–Crippen MR) is 299 cm³/mol. The minimum Gasteiger partial charge on any atom is -0.494 e. The highest BCUT2D eigenvalue weighted by atomic mass is 19.2. The first-order valence-electron chi connectivity index (χ1n) is 29.2. The Morgan fingerprint density at radius 2 is 0.553 bits per heavy atom. The van der Waals surface area contributed by atoms with E-state index in [0.717, 1.165) is 63.5 Å². The van der Waals surface area contributed by atoms with Crippen LogP contribution in [0, 0.1) is 11.6 Å². The number of halogens is 2. The van der Waals surface area contributed by atoms with E-state index in [1.165, 1.54) is 203 Å². The maximum atomic E-state index is 15.0. The maximum absolute atomic E-state index is 15.0. The molecular weight excluding hydrogens is 967 g/mol. The molecule has 3 aromatic rings. The van der Waals surface area contributed by atoms with E-state index in [1.54, 1.807) is 24.3 Å². The number of carbonyl (C=O) groups excluding carboxylic acids is 4. The van der Waals surface area contributed by atoms with Gasteiger partial charge in [-0.25, -0.2) is 19.2 Å². The van der Waals surface area contributed by atoms with Crippen LogP contribution in [0.3, 0.4) is 0 Å². The van der Waals surface area contributed by atoms with Crippen LogP contribution >= 0.6 is 0 Å². The van der Waals surface area contributed by atoms with Crippen LogP contribution in [0.1, 0.15) is 239 Å². The molecule has 0 N–H and O–H groups in total. The van der Waals surface area contributed by atoms with Crippen molar-refractivity contribution >= 4 is 23.9 Å². The fraction of sp³-hybridized carbons (Fsp3) is 0.594. The Morgan fingerprint density at radius 1 is 0.329 bits per heavy atom. The largest absolute Gasteiger partial charge is 0.494 e. The highest BCUT2D eigenvalue weighted by molar-refractivity contribution is 5.92. The lowest BCUT2D eigenvalue weighted by Crippen LogP contribution is -2.12. The fourth-order valence-corrected chi connectivity index (χ4v) is 8.92.